The summed E-state index contributed by atoms with van der Waals surface area (Å²) in [5, 5.41) is 4.05. The Morgan fingerprint density at radius 2 is 1.96 bits per heavy atom. The summed E-state index contributed by atoms with van der Waals surface area (Å²) in [6, 6.07) is 9.90. The normalized spacial score (nSPS) is 27.0. The van der Waals surface area contributed by atoms with Gasteiger partial charge in [0.05, 0.1) is 6.54 Å². The summed E-state index contributed by atoms with van der Waals surface area (Å²) >= 11 is 12.7. The second-order valence-corrected chi connectivity index (χ2v) is 7.68. The van der Waals surface area contributed by atoms with E-state index in [1.165, 1.54) is 19.3 Å². The van der Waals surface area contributed by atoms with Crippen LogP contribution >= 0.6 is 23.2 Å². The van der Waals surface area contributed by atoms with E-state index < -0.39 is 4.33 Å². The van der Waals surface area contributed by atoms with Gasteiger partial charge in [-0.15, -0.1) is 23.2 Å². The monoisotopic (exact) mass is 353 g/mol. The number of rotatable bonds is 5. The van der Waals surface area contributed by atoms with Gasteiger partial charge in [0.25, 0.3) is 5.91 Å². The molecule has 2 fully saturated rings. The second kappa shape index (κ2) is 7.20. The van der Waals surface area contributed by atoms with E-state index in [1.54, 1.807) is 6.21 Å². The smallest absolute Gasteiger partial charge is 0.254 e. The first-order valence-corrected chi connectivity index (χ1v) is 8.82. The SMILES string of the molecule is O=C(CN1CCCCC1)N/N=C\[C@H]1[C@@H](c2ccccc2)C1(Cl)Cl. The molecule has 1 N–H and O–H groups in total. The number of hydrogen-bond acceptors (Lipinski definition) is 3. The number of hydrogen-bond donors (Lipinski definition) is 1. The minimum absolute atomic E-state index is 0.0229. The van der Waals surface area contributed by atoms with Crippen molar-refractivity contribution in [1.29, 1.82) is 0 Å². The third-order valence-corrected chi connectivity index (χ3v) is 5.48. The van der Waals surface area contributed by atoms with Crippen molar-refractivity contribution in [1.82, 2.24) is 10.3 Å². The molecule has 3 rings (SSSR count). The summed E-state index contributed by atoms with van der Waals surface area (Å²) < 4.78 is -0.845. The number of piperidine rings is 1. The molecule has 1 aliphatic heterocycles. The van der Waals surface area contributed by atoms with Crippen molar-refractivity contribution < 1.29 is 4.79 Å². The third kappa shape index (κ3) is 4.06. The van der Waals surface area contributed by atoms with Gasteiger partial charge in [-0.25, -0.2) is 5.43 Å². The fourth-order valence-electron chi connectivity index (χ4n) is 3.17. The summed E-state index contributed by atoms with van der Waals surface area (Å²) in [5.41, 5.74) is 3.67. The first-order valence-electron chi connectivity index (χ1n) is 8.06. The lowest BCUT2D eigenvalue weighted by Crippen LogP contribution is -2.38. The van der Waals surface area contributed by atoms with Crippen molar-refractivity contribution in [2.24, 2.45) is 11.0 Å². The predicted octanol–water partition coefficient (Wildman–Crippen LogP) is 3.16. The minimum atomic E-state index is -0.845. The number of hydrazone groups is 1. The summed E-state index contributed by atoms with van der Waals surface area (Å²) in [6.07, 6.45) is 5.24. The first kappa shape index (κ1) is 16.7. The maximum atomic E-state index is 11.9. The molecule has 124 valence electrons. The molecule has 2 aliphatic rings. The Hall–Kier alpha value is -1.10. The second-order valence-electron chi connectivity index (χ2n) is 6.24. The standard InChI is InChI=1S/C17H21Cl2N3O/c18-17(19)14(16(17)13-7-3-1-4-8-13)11-20-21-15(23)12-22-9-5-2-6-10-22/h1,3-4,7-8,11,14,16H,2,5-6,9-10,12H2,(H,21,23)/b20-11-/t14-,16+/m0/s1. The summed E-state index contributed by atoms with van der Waals surface area (Å²) in [5.74, 6) is -0.145. The molecule has 0 radical (unpaired) electrons. The van der Waals surface area contributed by atoms with E-state index in [0.29, 0.717) is 6.54 Å². The van der Waals surface area contributed by atoms with Gasteiger partial charge < -0.3 is 0 Å². The predicted molar refractivity (Wildman–Crippen MR) is 94.0 cm³/mol. The van der Waals surface area contributed by atoms with E-state index in [9.17, 15) is 4.79 Å². The molecular weight excluding hydrogens is 333 g/mol. The lowest BCUT2D eigenvalue weighted by atomic mass is 10.1. The van der Waals surface area contributed by atoms with Crippen LogP contribution in [0.4, 0.5) is 0 Å². The van der Waals surface area contributed by atoms with Crippen LogP contribution < -0.4 is 5.43 Å². The van der Waals surface area contributed by atoms with Crippen LogP contribution in [-0.2, 0) is 4.79 Å². The van der Waals surface area contributed by atoms with Gasteiger partial charge in [0.1, 0.15) is 4.33 Å². The summed E-state index contributed by atoms with van der Waals surface area (Å²) in [4.78, 5) is 14.1. The average molecular weight is 354 g/mol. The molecule has 4 nitrogen and oxygen atoms in total. The number of alkyl halides is 2. The Kier molecular flexibility index (Phi) is 5.24. The van der Waals surface area contributed by atoms with Gasteiger partial charge in [-0.05, 0) is 31.5 Å². The topological polar surface area (TPSA) is 44.7 Å². The highest BCUT2D eigenvalue weighted by molar-refractivity contribution is 6.53. The molecule has 1 aromatic carbocycles. The number of nitrogens with one attached hydrogen (secondary N) is 1. The molecule has 1 aromatic rings. The van der Waals surface area contributed by atoms with Gasteiger partial charge >= 0.3 is 0 Å². The number of nitrogens with zero attached hydrogens (tertiary/aromatic N) is 2. The minimum Gasteiger partial charge on any atom is -0.294 e. The van der Waals surface area contributed by atoms with E-state index >= 15 is 0 Å². The molecule has 23 heavy (non-hydrogen) atoms. The van der Waals surface area contributed by atoms with Crippen LogP contribution in [0.3, 0.4) is 0 Å². The highest BCUT2D eigenvalue weighted by Gasteiger charge is 2.63. The van der Waals surface area contributed by atoms with E-state index in [4.69, 9.17) is 23.2 Å². The third-order valence-electron chi connectivity index (χ3n) is 4.51. The quantitative estimate of drug-likeness (QED) is 0.502. The van der Waals surface area contributed by atoms with Crippen LogP contribution in [0, 0.1) is 5.92 Å². The molecule has 1 amide bonds. The number of halogens is 2. The summed E-state index contributed by atoms with van der Waals surface area (Å²) in [7, 11) is 0. The molecule has 0 bridgehead atoms. The zero-order valence-electron chi connectivity index (χ0n) is 12.9. The van der Waals surface area contributed by atoms with Crippen LogP contribution in [0.2, 0.25) is 0 Å². The van der Waals surface area contributed by atoms with Crippen molar-refractivity contribution in [3.63, 3.8) is 0 Å². The van der Waals surface area contributed by atoms with Gasteiger partial charge in [-0.3, -0.25) is 9.69 Å². The molecule has 1 heterocycles. The van der Waals surface area contributed by atoms with Gasteiger partial charge in [-0.2, -0.15) is 5.10 Å². The Bertz CT molecular complexity index is 570. The lowest BCUT2D eigenvalue weighted by molar-refractivity contribution is -0.122. The van der Waals surface area contributed by atoms with Crippen molar-refractivity contribution in [3.8, 4) is 0 Å². The van der Waals surface area contributed by atoms with Crippen LogP contribution in [0.5, 0.6) is 0 Å². The van der Waals surface area contributed by atoms with E-state index in [1.807, 2.05) is 30.3 Å². The van der Waals surface area contributed by atoms with Gasteiger partial charge in [-0.1, -0.05) is 36.8 Å². The Morgan fingerprint density at radius 3 is 2.65 bits per heavy atom. The molecule has 1 aliphatic carbocycles. The first-order chi connectivity index (χ1) is 11.1. The number of carbonyl (C=O) groups excluding carboxylic acids is 1. The maximum absolute atomic E-state index is 11.9. The zero-order valence-corrected chi connectivity index (χ0v) is 14.4. The summed E-state index contributed by atoms with van der Waals surface area (Å²) in [6.45, 7) is 2.38. The molecule has 1 saturated heterocycles. The van der Waals surface area contributed by atoms with Crippen molar-refractivity contribution >= 4 is 35.3 Å². The molecule has 6 heteroatoms. The van der Waals surface area contributed by atoms with Gasteiger partial charge in [0, 0.05) is 18.1 Å². The van der Waals surface area contributed by atoms with Gasteiger partial charge in [0.2, 0.25) is 0 Å². The Labute approximate surface area is 146 Å². The zero-order chi connectivity index (χ0) is 16.3. The van der Waals surface area contributed by atoms with Crippen molar-refractivity contribution in [3.05, 3.63) is 35.9 Å². The molecule has 0 aromatic heterocycles. The van der Waals surface area contributed by atoms with Gasteiger partial charge in [0.15, 0.2) is 0 Å². The fraction of sp³-hybridized carbons (Fsp3) is 0.529. The Balaban J connectivity index is 1.49. The molecular formula is C17H21Cl2N3O. The average Bonchev–Trinajstić information content (AvgIpc) is 3.10. The largest absolute Gasteiger partial charge is 0.294 e. The van der Waals surface area contributed by atoms with E-state index in [0.717, 1.165) is 18.7 Å². The number of likely N-dealkylation sites (tertiary alicyclic amines) is 1. The molecule has 1 saturated carbocycles. The van der Waals surface area contributed by atoms with E-state index in [2.05, 4.69) is 15.4 Å². The van der Waals surface area contributed by atoms with Crippen molar-refractivity contribution in [2.75, 3.05) is 19.6 Å². The Morgan fingerprint density at radius 1 is 1.26 bits per heavy atom. The highest BCUT2D eigenvalue weighted by atomic mass is 35.5. The number of amides is 1. The number of carbonyl (C=O) groups is 1. The highest BCUT2D eigenvalue weighted by Crippen LogP contribution is 2.63. The van der Waals surface area contributed by atoms with Crippen LogP contribution in [0.15, 0.2) is 35.4 Å². The maximum Gasteiger partial charge on any atom is 0.254 e. The lowest BCUT2D eigenvalue weighted by Gasteiger charge is -2.25. The fourth-order valence-corrected chi connectivity index (χ4v) is 3.93. The van der Waals surface area contributed by atoms with Crippen LogP contribution in [0.1, 0.15) is 30.7 Å². The molecule has 2 atom stereocenters. The molecule has 0 unspecified atom stereocenters. The van der Waals surface area contributed by atoms with Crippen LogP contribution in [0.25, 0.3) is 0 Å². The van der Waals surface area contributed by atoms with Crippen molar-refractivity contribution in [2.45, 2.75) is 29.5 Å². The van der Waals surface area contributed by atoms with Crippen LogP contribution in [-0.4, -0.2) is 41.0 Å². The molecule has 0 spiro atoms. The number of benzene rings is 1. The van der Waals surface area contributed by atoms with E-state index in [-0.39, 0.29) is 17.7 Å².